The Kier molecular flexibility index (Phi) is 7.39. The number of halogens is 6. The molecule has 1 aromatic carbocycles. The maximum atomic E-state index is 13.9. The Morgan fingerprint density at radius 1 is 1.13 bits per heavy atom. The summed E-state index contributed by atoms with van der Waals surface area (Å²) in [4.78, 5) is 17.2. The minimum absolute atomic E-state index is 0.0454. The molecule has 2 aromatic heterocycles. The summed E-state index contributed by atoms with van der Waals surface area (Å²) in [6.45, 7) is 1.66. The summed E-state index contributed by atoms with van der Waals surface area (Å²) >= 11 is 0. The number of fused-ring (bicyclic) bond motifs is 1. The lowest BCUT2D eigenvalue weighted by atomic mass is 10.1. The highest BCUT2D eigenvalue weighted by atomic mass is 19.4. The van der Waals surface area contributed by atoms with Gasteiger partial charge in [0.15, 0.2) is 5.69 Å². The van der Waals surface area contributed by atoms with Gasteiger partial charge in [0.2, 0.25) is 0 Å². The molecule has 0 radical (unpaired) electrons. The van der Waals surface area contributed by atoms with Gasteiger partial charge >= 0.3 is 18.3 Å². The van der Waals surface area contributed by atoms with Gasteiger partial charge in [-0.3, -0.25) is 10.3 Å². The lowest BCUT2D eigenvalue weighted by Gasteiger charge is -2.24. The molecule has 0 saturated carbocycles. The molecule has 2 N–H and O–H groups in total. The van der Waals surface area contributed by atoms with Crippen LogP contribution < -0.4 is 10.2 Å². The SMILES string of the molecule is COC(=O)c1ccc([C@H](C)NC(O)c2c(C(F)(F)F)nn3c2N(Cc2cccc(C(F)(F)F)c2)CC3)nc1. The summed E-state index contributed by atoms with van der Waals surface area (Å²) in [6.07, 6.45) is -10.1. The van der Waals surface area contributed by atoms with Crippen LogP contribution in [0.5, 0.6) is 0 Å². The molecule has 0 aliphatic carbocycles. The van der Waals surface area contributed by atoms with Crippen LogP contribution in [-0.2, 0) is 30.2 Å². The first-order valence-electron chi connectivity index (χ1n) is 11.4. The summed E-state index contributed by atoms with van der Waals surface area (Å²) < 4.78 is 86.8. The predicted octanol–water partition coefficient (Wildman–Crippen LogP) is 4.46. The Labute approximate surface area is 212 Å². The largest absolute Gasteiger partial charge is 0.465 e. The molecule has 0 spiro atoms. The highest BCUT2D eigenvalue weighted by Crippen LogP contribution is 2.41. The molecule has 3 heterocycles. The van der Waals surface area contributed by atoms with Gasteiger partial charge in [-0.1, -0.05) is 12.1 Å². The number of aliphatic hydroxyl groups is 1. The van der Waals surface area contributed by atoms with Crippen LogP contribution in [0.3, 0.4) is 0 Å². The van der Waals surface area contributed by atoms with E-state index in [4.69, 9.17) is 0 Å². The van der Waals surface area contributed by atoms with Crippen LogP contribution in [0.4, 0.5) is 32.2 Å². The maximum absolute atomic E-state index is 13.9. The number of alkyl halides is 6. The Morgan fingerprint density at radius 2 is 1.87 bits per heavy atom. The number of aliphatic hydroxyl groups excluding tert-OH is 1. The minimum Gasteiger partial charge on any atom is -0.465 e. The van der Waals surface area contributed by atoms with Gasteiger partial charge < -0.3 is 14.7 Å². The standard InChI is InChI=1S/C24H23F6N5O3/c1-13(17-7-6-15(11-31-17)22(37)38-2)32-20(36)18-19(24(28,29)30)33-35-9-8-34(21(18)35)12-14-4-3-5-16(10-14)23(25,26)27/h3-7,10-11,13,20,32,36H,8-9,12H2,1-2H3/t13-,20?/m0/s1. The second-order valence-electron chi connectivity index (χ2n) is 8.68. The highest BCUT2D eigenvalue weighted by Gasteiger charge is 2.44. The zero-order valence-electron chi connectivity index (χ0n) is 20.1. The number of rotatable bonds is 7. The van der Waals surface area contributed by atoms with Crippen LogP contribution in [0.2, 0.25) is 0 Å². The molecular weight excluding hydrogens is 520 g/mol. The lowest BCUT2D eigenvalue weighted by molar-refractivity contribution is -0.143. The molecular formula is C24H23F6N5O3. The molecule has 3 aromatic rings. The van der Waals surface area contributed by atoms with Crippen molar-refractivity contribution in [3.63, 3.8) is 0 Å². The van der Waals surface area contributed by atoms with E-state index < -0.39 is 47.4 Å². The first-order chi connectivity index (χ1) is 17.8. The summed E-state index contributed by atoms with van der Waals surface area (Å²) in [7, 11) is 1.20. The molecule has 1 unspecified atom stereocenters. The van der Waals surface area contributed by atoms with E-state index >= 15 is 0 Å². The number of ether oxygens (including phenoxy) is 1. The Bertz CT molecular complexity index is 1310. The summed E-state index contributed by atoms with van der Waals surface area (Å²) in [6, 6.07) is 6.64. The third-order valence-corrected chi connectivity index (χ3v) is 6.07. The van der Waals surface area contributed by atoms with Gasteiger partial charge in [0.1, 0.15) is 12.0 Å². The van der Waals surface area contributed by atoms with Crippen molar-refractivity contribution in [3.05, 3.63) is 76.2 Å². The van der Waals surface area contributed by atoms with Crippen LogP contribution in [-0.4, -0.2) is 39.5 Å². The number of aromatic nitrogens is 3. The van der Waals surface area contributed by atoms with Gasteiger partial charge in [0, 0.05) is 25.3 Å². The van der Waals surface area contributed by atoms with E-state index in [1.807, 2.05) is 0 Å². The van der Waals surface area contributed by atoms with Crippen molar-refractivity contribution in [2.24, 2.45) is 0 Å². The molecule has 1 aliphatic rings. The van der Waals surface area contributed by atoms with Crippen LogP contribution in [0.1, 0.15) is 57.6 Å². The van der Waals surface area contributed by atoms with Gasteiger partial charge in [-0.15, -0.1) is 0 Å². The number of pyridine rings is 1. The number of hydrogen-bond donors (Lipinski definition) is 2. The number of nitrogens with zero attached hydrogens (tertiary/aromatic N) is 4. The monoisotopic (exact) mass is 543 g/mol. The fourth-order valence-electron chi connectivity index (χ4n) is 4.26. The number of hydrogen-bond acceptors (Lipinski definition) is 7. The second-order valence-corrected chi connectivity index (χ2v) is 8.68. The average molecular weight is 543 g/mol. The quantitative estimate of drug-likeness (QED) is 0.258. The molecule has 38 heavy (non-hydrogen) atoms. The van der Waals surface area contributed by atoms with Gasteiger partial charge in [-0.25, -0.2) is 9.48 Å². The minimum atomic E-state index is -4.90. The predicted molar refractivity (Wildman–Crippen MR) is 122 cm³/mol. The van der Waals surface area contributed by atoms with Crippen LogP contribution in [0.25, 0.3) is 0 Å². The molecule has 204 valence electrons. The third-order valence-electron chi connectivity index (χ3n) is 6.07. The van der Waals surface area contributed by atoms with Gasteiger partial charge in [0.05, 0.1) is 36.0 Å². The molecule has 8 nitrogen and oxygen atoms in total. The van der Waals surface area contributed by atoms with E-state index in [1.54, 1.807) is 6.92 Å². The molecule has 0 bridgehead atoms. The molecule has 4 rings (SSSR count). The van der Waals surface area contributed by atoms with E-state index in [2.05, 4.69) is 20.1 Å². The van der Waals surface area contributed by atoms with Crippen LogP contribution in [0, 0.1) is 0 Å². The maximum Gasteiger partial charge on any atom is 0.435 e. The summed E-state index contributed by atoms with van der Waals surface area (Å²) in [5.41, 5.74) is -1.99. The number of carbonyl (C=O) groups is 1. The van der Waals surface area contributed by atoms with Crippen molar-refractivity contribution in [3.8, 4) is 0 Å². The van der Waals surface area contributed by atoms with E-state index in [0.29, 0.717) is 5.69 Å². The van der Waals surface area contributed by atoms with Crippen molar-refractivity contribution in [2.75, 3.05) is 18.6 Å². The van der Waals surface area contributed by atoms with Crippen LogP contribution in [0.15, 0.2) is 42.6 Å². The number of carbonyl (C=O) groups excluding carboxylic acids is 1. The number of methoxy groups -OCH3 is 1. The summed E-state index contributed by atoms with van der Waals surface area (Å²) in [5.74, 6) is -0.660. The molecule has 0 amide bonds. The summed E-state index contributed by atoms with van der Waals surface area (Å²) in [5, 5.41) is 17.2. The zero-order valence-corrected chi connectivity index (χ0v) is 20.1. The van der Waals surface area contributed by atoms with Crippen molar-refractivity contribution in [1.82, 2.24) is 20.1 Å². The molecule has 0 saturated heterocycles. The number of esters is 1. The molecule has 1 aliphatic heterocycles. The molecule has 2 atom stereocenters. The number of nitrogens with one attached hydrogen (secondary N) is 1. The average Bonchev–Trinajstić information content (AvgIpc) is 3.43. The fraction of sp³-hybridized carbons (Fsp3) is 0.375. The Balaban J connectivity index is 1.63. The van der Waals surface area contributed by atoms with Crippen molar-refractivity contribution >= 4 is 11.8 Å². The number of benzene rings is 1. The van der Waals surface area contributed by atoms with Crippen molar-refractivity contribution < 1.29 is 41.0 Å². The van der Waals surface area contributed by atoms with Gasteiger partial charge in [-0.2, -0.15) is 31.4 Å². The Morgan fingerprint density at radius 3 is 2.47 bits per heavy atom. The first-order valence-corrected chi connectivity index (χ1v) is 11.4. The highest BCUT2D eigenvalue weighted by molar-refractivity contribution is 5.88. The first kappa shape index (κ1) is 27.4. The number of anilines is 1. The molecule has 14 heteroatoms. The third kappa shape index (κ3) is 5.60. The topological polar surface area (TPSA) is 92.5 Å². The van der Waals surface area contributed by atoms with E-state index in [9.17, 15) is 36.2 Å². The van der Waals surface area contributed by atoms with Crippen LogP contribution >= 0.6 is 0 Å². The van der Waals surface area contributed by atoms with Crippen molar-refractivity contribution in [1.29, 1.82) is 0 Å². The normalized spacial score (nSPS) is 15.3. The smallest absolute Gasteiger partial charge is 0.435 e. The van der Waals surface area contributed by atoms with E-state index in [0.717, 1.165) is 16.8 Å². The van der Waals surface area contributed by atoms with Crippen molar-refractivity contribution in [2.45, 2.75) is 44.6 Å². The van der Waals surface area contributed by atoms with E-state index in [-0.39, 0.29) is 36.6 Å². The Hall–Kier alpha value is -3.65. The van der Waals surface area contributed by atoms with E-state index in [1.165, 1.54) is 42.5 Å². The zero-order chi connectivity index (χ0) is 27.8. The molecule has 0 fully saturated rings. The van der Waals surface area contributed by atoms with Gasteiger partial charge in [-0.05, 0) is 36.8 Å². The van der Waals surface area contributed by atoms with Gasteiger partial charge in [0.25, 0.3) is 0 Å². The second kappa shape index (κ2) is 10.3. The fourth-order valence-corrected chi connectivity index (χ4v) is 4.26. The lowest BCUT2D eigenvalue weighted by Crippen LogP contribution is -2.29.